The minimum atomic E-state index is -0.649. The van der Waals surface area contributed by atoms with Gasteiger partial charge in [0.15, 0.2) is 0 Å². The molecule has 0 bridgehead atoms. The molecular formula is C25H19ClF2IrN5. The summed E-state index contributed by atoms with van der Waals surface area (Å²) in [6.45, 7) is 0. The zero-order chi connectivity index (χ0) is 24.5. The van der Waals surface area contributed by atoms with Gasteiger partial charge >= 0.3 is 27.5 Å². The van der Waals surface area contributed by atoms with Crippen LogP contribution in [0.25, 0.3) is 33.8 Å². The van der Waals surface area contributed by atoms with Crippen molar-refractivity contribution in [1.29, 1.82) is 0 Å². The summed E-state index contributed by atoms with van der Waals surface area (Å²) in [6, 6.07) is 18.9. The zero-order valence-electron chi connectivity index (χ0n) is 18.2. The van der Waals surface area contributed by atoms with Crippen LogP contribution in [0.1, 0.15) is 0 Å². The molecule has 5 rings (SSSR count). The Labute approximate surface area is 211 Å². The van der Waals surface area contributed by atoms with E-state index in [2.05, 4.69) is 36.7 Å². The van der Waals surface area contributed by atoms with E-state index in [9.17, 15) is 8.78 Å². The predicted octanol–water partition coefficient (Wildman–Crippen LogP) is 5.80. The maximum absolute atomic E-state index is 13.2. The van der Waals surface area contributed by atoms with Gasteiger partial charge in [0, 0.05) is 43.3 Å². The van der Waals surface area contributed by atoms with E-state index in [1.807, 2.05) is 53.8 Å². The molecule has 0 saturated heterocycles. The van der Waals surface area contributed by atoms with Gasteiger partial charge < -0.3 is 14.1 Å². The standard InChI is InChI=1S/C14H13N4.C11H6F2N.ClH.Ir/c1-17-7-13(15-9-17)11-4-3-5-12(6-11)14-8-18(2)10-16-14;12-8-4-5-9(10(13)7-8)11-3-1-2-6-14-11;;/h3-5,7-10H,1-2H3;1-4,6-7H;1H;/q2*-1;;+3/p-1. The molecule has 0 N–H and O–H groups in total. The van der Waals surface area contributed by atoms with E-state index >= 15 is 0 Å². The first-order valence-electron chi connectivity index (χ1n) is 9.89. The van der Waals surface area contributed by atoms with E-state index in [0.717, 1.165) is 34.6 Å². The van der Waals surface area contributed by atoms with Crippen LogP contribution in [0, 0.1) is 23.8 Å². The first-order valence-corrected chi connectivity index (χ1v) is 12.9. The number of benzene rings is 2. The fourth-order valence-corrected chi connectivity index (χ4v) is 3.02. The van der Waals surface area contributed by atoms with E-state index in [-0.39, 0.29) is 5.56 Å². The number of hydrogen-bond acceptors (Lipinski definition) is 3. The van der Waals surface area contributed by atoms with E-state index in [0.29, 0.717) is 5.69 Å². The van der Waals surface area contributed by atoms with Crippen LogP contribution in [0.15, 0.2) is 79.8 Å². The van der Waals surface area contributed by atoms with Crippen LogP contribution in [0.2, 0.25) is 0 Å². The van der Waals surface area contributed by atoms with Crippen molar-refractivity contribution < 1.29 is 26.7 Å². The maximum atomic E-state index is 13.2. The van der Waals surface area contributed by atoms with Gasteiger partial charge in [-0.2, -0.15) is 0 Å². The Morgan fingerprint density at radius 1 is 0.824 bits per heavy atom. The molecule has 34 heavy (non-hydrogen) atoms. The Kier molecular flexibility index (Phi) is 9.22. The number of pyridine rings is 1. The average molecular weight is 655 g/mol. The molecule has 3 aromatic heterocycles. The van der Waals surface area contributed by atoms with Gasteiger partial charge in [0.2, 0.25) is 0 Å². The number of aryl methyl sites for hydroxylation is 2. The number of nitrogens with zero attached hydrogens (tertiary/aromatic N) is 5. The molecule has 0 spiro atoms. The summed E-state index contributed by atoms with van der Waals surface area (Å²) in [5.74, 6) is -1.29. The van der Waals surface area contributed by atoms with Crippen molar-refractivity contribution in [2.45, 2.75) is 0 Å². The van der Waals surface area contributed by atoms with Gasteiger partial charge in [0.05, 0.1) is 12.7 Å². The van der Waals surface area contributed by atoms with Gasteiger partial charge in [-0.1, -0.05) is 34.9 Å². The van der Waals surface area contributed by atoms with E-state index < -0.39 is 11.6 Å². The summed E-state index contributed by atoms with van der Waals surface area (Å²) >= 11 is 1.47. The van der Waals surface area contributed by atoms with Gasteiger partial charge in [0.1, 0.15) is 0 Å². The van der Waals surface area contributed by atoms with Crippen LogP contribution >= 0.6 is 9.58 Å². The molecule has 0 aliphatic carbocycles. The zero-order valence-corrected chi connectivity index (χ0v) is 21.4. The second-order valence-corrected chi connectivity index (χ2v) is 7.08. The first kappa shape index (κ1) is 25.4. The molecule has 0 atom stereocenters. The fourth-order valence-electron chi connectivity index (χ4n) is 3.02. The average Bonchev–Trinajstić information content (AvgIpc) is 3.50. The third kappa shape index (κ3) is 6.67. The molecule has 2 aromatic carbocycles. The molecule has 5 aromatic rings. The summed E-state index contributed by atoms with van der Waals surface area (Å²) in [6.07, 6.45) is 9.08. The first-order chi connectivity index (χ1) is 16.5. The summed E-state index contributed by atoms with van der Waals surface area (Å²) in [7, 11) is 8.55. The summed E-state index contributed by atoms with van der Waals surface area (Å²) in [5, 5.41) is 0. The fraction of sp³-hybridized carbons (Fsp3) is 0.0800. The molecule has 0 amide bonds. The number of rotatable bonds is 3. The van der Waals surface area contributed by atoms with Crippen molar-refractivity contribution in [3.63, 3.8) is 0 Å². The monoisotopic (exact) mass is 655 g/mol. The Morgan fingerprint density at radius 2 is 1.44 bits per heavy atom. The van der Waals surface area contributed by atoms with Crippen LogP contribution in [0.4, 0.5) is 8.78 Å². The quantitative estimate of drug-likeness (QED) is 0.231. The third-order valence-electron chi connectivity index (χ3n) is 4.54. The topological polar surface area (TPSA) is 48.5 Å². The Bertz CT molecular complexity index is 1280. The van der Waals surface area contributed by atoms with Crippen molar-refractivity contribution in [2.24, 2.45) is 14.1 Å². The molecule has 0 unspecified atom stereocenters. The summed E-state index contributed by atoms with van der Waals surface area (Å²) in [5.41, 5.74) is 4.46. The van der Waals surface area contributed by atoms with Crippen LogP contribution in [0.5, 0.6) is 0 Å². The van der Waals surface area contributed by atoms with Crippen molar-refractivity contribution >= 4 is 9.58 Å². The SMILES string of the molecule is Cn1cnc(-c2[c-]c(-c3cn(C)cn3)ccc2)c1.Fc1c[c-]c(-c2ccccn2)c(F)c1.[Cl][Ir+2]. The van der Waals surface area contributed by atoms with E-state index in [4.69, 9.17) is 0 Å². The Balaban J connectivity index is 0.000000183. The van der Waals surface area contributed by atoms with Crippen LogP contribution in [-0.2, 0) is 32.0 Å². The molecule has 3 heterocycles. The van der Waals surface area contributed by atoms with Gasteiger partial charge in [0.25, 0.3) is 0 Å². The van der Waals surface area contributed by atoms with Gasteiger partial charge in [-0.25, -0.2) is 0 Å². The van der Waals surface area contributed by atoms with Gasteiger partial charge in [-0.15, -0.1) is 36.4 Å². The normalized spacial score (nSPS) is 10.1. The molecule has 0 radical (unpaired) electrons. The number of hydrogen-bond donors (Lipinski definition) is 0. The Morgan fingerprint density at radius 3 is 1.91 bits per heavy atom. The predicted molar refractivity (Wildman–Crippen MR) is 124 cm³/mol. The van der Waals surface area contributed by atoms with Crippen LogP contribution in [0.3, 0.4) is 0 Å². The van der Waals surface area contributed by atoms with Crippen molar-refractivity contribution in [3.05, 3.63) is 104 Å². The summed E-state index contributed by atoms with van der Waals surface area (Å²) < 4.78 is 29.7. The molecule has 0 aliphatic rings. The molecular weight excluding hydrogens is 636 g/mol. The minimum absolute atomic E-state index is 0.187. The van der Waals surface area contributed by atoms with Crippen molar-refractivity contribution in [2.75, 3.05) is 0 Å². The second-order valence-electron chi connectivity index (χ2n) is 7.08. The number of aromatic nitrogens is 5. The molecule has 5 nitrogen and oxygen atoms in total. The molecule has 9 heteroatoms. The molecule has 0 fully saturated rings. The van der Waals surface area contributed by atoms with Crippen LogP contribution in [-0.4, -0.2) is 24.1 Å². The van der Waals surface area contributed by atoms with Crippen molar-refractivity contribution in [1.82, 2.24) is 24.1 Å². The molecule has 0 aliphatic heterocycles. The van der Waals surface area contributed by atoms with Crippen molar-refractivity contribution in [3.8, 4) is 33.8 Å². The van der Waals surface area contributed by atoms with Crippen LogP contribution < -0.4 is 0 Å². The summed E-state index contributed by atoms with van der Waals surface area (Å²) in [4.78, 5) is 12.6. The number of halogens is 3. The molecule has 174 valence electrons. The van der Waals surface area contributed by atoms with E-state index in [1.54, 1.807) is 37.1 Å². The molecule has 0 saturated carbocycles. The second kappa shape index (κ2) is 12.3. The van der Waals surface area contributed by atoms with Gasteiger partial charge in [-0.05, 0) is 24.2 Å². The van der Waals surface area contributed by atoms with Gasteiger partial charge in [-0.3, -0.25) is 18.7 Å². The number of imidazole rings is 2. The Hall–Kier alpha value is -3.19. The van der Waals surface area contributed by atoms with E-state index in [1.165, 1.54) is 17.9 Å². The third-order valence-corrected chi connectivity index (χ3v) is 4.54.